The minimum atomic E-state index is -0.455. The Bertz CT molecular complexity index is 887. The fourth-order valence-electron chi connectivity index (χ4n) is 2.39. The lowest BCUT2D eigenvalue weighted by Gasteiger charge is -2.08. The van der Waals surface area contributed by atoms with E-state index in [0.29, 0.717) is 16.7 Å². The summed E-state index contributed by atoms with van der Waals surface area (Å²) in [4.78, 5) is 26.4. The van der Waals surface area contributed by atoms with Gasteiger partial charge in [0.15, 0.2) is 0 Å². The Balaban J connectivity index is 2.09. The molecule has 1 heterocycles. The largest absolute Gasteiger partial charge is 0.465 e. The number of nitro groups is 1. The summed E-state index contributed by atoms with van der Waals surface area (Å²) >= 11 is 0. The van der Waals surface area contributed by atoms with E-state index in [0.717, 1.165) is 5.69 Å². The number of aromatic nitrogens is 2. The van der Waals surface area contributed by atoms with Crippen LogP contribution in [-0.4, -0.2) is 27.6 Å². The summed E-state index contributed by atoms with van der Waals surface area (Å²) < 4.78 is 6.41. The molecule has 2 aromatic carbocycles. The van der Waals surface area contributed by atoms with Gasteiger partial charge in [-0.15, -0.1) is 0 Å². The van der Waals surface area contributed by atoms with Crippen molar-refractivity contribution in [3.63, 3.8) is 0 Å². The summed E-state index contributed by atoms with van der Waals surface area (Å²) in [6.07, 6.45) is 5.00. The van der Waals surface area contributed by atoms with E-state index >= 15 is 0 Å². The molecule has 0 radical (unpaired) electrons. The summed E-state index contributed by atoms with van der Waals surface area (Å²) in [7, 11) is 1.30. The van der Waals surface area contributed by atoms with Gasteiger partial charge in [0, 0.05) is 24.1 Å². The fourth-order valence-corrected chi connectivity index (χ4v) is 2.39. The van der Waals surface area contributed by atoms with Crippen LogP contribution in [-0.2, 0) is 4.74 Å². The summed E-state index contributed by atoms with van der Waals surface area (Å²) in [6.45, 7) is 0. The summed E-state index contributed by atoms with van der Waals surface area (Å²) in [5, 5.41) is 11.3. The molecule has 7 heteroatoms. The van der Waals surface area contributed by atoms with Gasteiger partial charge >= 0.3 is 5.97 Å². The van der Waals surface area contributed by atoms with Crippen molar-refractivity contribution >= 4 is 11.7 Å². The third-order valence-electron chi connectivity index (χ3n) is 3.60. The van der Waals surface area contributed by atoms with Crippen LogP contribution in [0.4, 0.5) is 5.69 Å². The van der Waals surface area contributed by atoms with Crippen molar-refractivity contribution < 1.29 is 14.5 Å². The van der Waals surface area contributed by atoms with Crippen LogP contribution in [0.15, 0.2) is 61.2 Å². The van der Waals surface area contributed by atoms with Crippen molar-refractivity contribution in [2.24, 2.45) is 0 Å². The number of hydrogen-bond donors (Lipinski definition) is 0. The molecule has 120 valence electrons. The number of benzene rings is 2. The molecule has 1 aromatic heterocycles. The quantitative estimate of drug-likeness (QED) is 0.418. The van der Waals surface area contributed by atoms with Crippen molar-refractivity contribution in [1.82, 2.24) is 9.55 Å². The first-order valence-electron chi connectivity index (χ1n) is 7.05. The molecule has 0 atom stereocenters. The molecule has 0 saturated carbocycles. The second-order valence-corrected chi connectivity index (χ2v) is 5.00. The van der Waals surface area contributed by atoms with Crippen molar-refractivity contribution in [2.45, 2.75) is 0 Å². The molecule has 3 aromatic rings. The second-order valence-electron chi connectivity index (χ2n) is 5.00. The third-order valence-corrected chi connectivity index (χ3v) is 3.60. The molecule has 0 spiro atoms. The number of nitrogens with zero attached hydrogens (tertiary/aromatic N) is 3. The van der Waals surface area contributed by atoms with Crippen LogP contribution in [0.1, 0.15) is 10.4 Å². The smallest absolute Gasteiger partial charge is 0.337 e. The van der Waals surface area contributed by atoms with Crippen molar-refractivity contribution in [3.05, 3.63) is 76.9 Å². The Morgan fingerprint density at radius 3 is 2.54 bits per heavy atom. The molecule has 0 amide bonds. The lowest BCUT2D eigenvalue weighted by atomic mass is 10.0. The van der Waals surface area contributed by atoms with Gasteiger partial charge in [-0.1, -0.05) is 12.1 Å². The number of imidazole rings is 1. The number of carbonyl (C=O) groups excluding carboxylic acids is 1. The van der Waals surface area contributed by atoms with Crippen LogP contribution in [0, 0.1) is 10.1 Å². The van der Waals surface area contributed by atoms with Crippen LogP contribution >= 0.6 is 0 Å². The van der Waals surface area contributed by atoms with Gasteiger partial charge in [-0.25, -0.2) is 9.78 Å². The first kappa shape index (κ1) is 15.4. The zero-order valence-electron chi connectivity index (χ0n) is 12.7. The molecule has 0 fully saturated rings. The molecule has 0 aliphatic rings. The third kappa shape index (κ3) is 2.87. The molecule has 0 aliphatic heterocycles. The minimum absolute atomic E-state index is 0.00955. The van der Waals surface area contributed by atoms with Gasteiger partial charge in [0.25, 0.3) is 5.69 Å². The zero-order chi connectivity index (χ0) is 17.1. The summed E-state index contributed by atoms with van der Waals surface area (Å²) in [5.74, 6) is -0.455. The van der Waals surface area contributed by atoms with Crippen molar-refractivity contribution in [1.29, 1.82) is 0 Å². The maximum Gasteiger partial charge on any atom is 0.337 e. The molecule has 0 aliphatic carbocycles. The summed E-state index contributed by atoms with van der Waals surface area (Å²) in [6, 6.07) is 11.3. The van der Waals surface area contributed by atoms with E-state index in [1.54, 1.807) is 59.7 Å². The Morgan fingerprint density at radius 1 is 1.21 bits per heavy atom. The van der Waals surface area contributed by atoms with Crippen LogP contribution in [0.2, 0.25) is 0 Å². The number of nitro benzene ring substituents is 1. The average Bonchev–Trinajstić information content (AvgIpc) is 3.15. The van der Waals surface area contributed by atoms with E-state index in [1.807, 2.05) is 0 Å². The first-order valence-corrected chi connectivity index (χ1v) is 7.05. The predicted molar refractivity (Wildman–Crippen MR) is 87.0 cm³/mol. The van der Waals surface area contributed by atoms with Gasteiger partial charge < -0.3 is 9.30 Å². The van der Waals surface area contributed by atoms with Crippen molar-refractivity contribution in [3.8, 4) is 16.8 Å². The van der Waals surface area contributed by atoms with Gasteiger partial charge in [0.1, 0.15) is 0 Å². The normalized spacial score (nSPS) is 10.4. The van der Waals surface area contributed by atoms with E-state index in [1.165, 1.54) is 13.2 Å². The maximum absolute atomic E-state index is 11.5. The van der Waals surface area contributed by atoms with Crippen molar-refractivity contribution in [2.75, 3.05) is 7.11 Å². The average molecular weight is 323 g/mol. The molecular formula is C17H13N3O4. The topological polar surface area (TPSA) is 87.3 Å². The highest BCUT2D eigenvalue weighted by atomic mass is 16.6. The van der Waals surface area contributed by atoms with E-state index in [9.17, 15) is 14.9 Å². The second kappa shape index (κ2) is 6.33. The van der Waals surface area contributed by atoms with Gasteiger partial charge in [-0.2, -0.15) is 0 Å². The van der Waals surface area contributed by atoms with E-state index in [2.05, 4.69) is 9.72 Å². The zero-order valence-corrected chi connectivity index (χ0v) is 12.7. The van der Waals surface area contributed by atoms with E-state index in [-0.39, 0.29) is 5.69 Å². The molecule has 24 heavy (non-hydrogen) atoms. The highest BCUT2D eigenvalue weighted by Crippen LogP contribution is 2.32. The highest BCUT2D eigenvalue weighted by molar-refractivity contribution is 5.90. The first-order chi connectivity index (χ1) is 11.6. The molecule has 3 rings (SSSR count). The van der Waals surface area contributed by atoms with Crippen LogP contribution in [0.5, 0.6) is 0 Å². The van der Waals surface area contributed by atoms with Crippen LogP contribution in [0.3, 0.4) is 0 Å². The van der Waals surface area contributed by atoms with Gasteiger partial charge in [-0.05, 0) is 29.8 Å². The summed E-state index contributed by atoms with van der Waals surface area (Å²) in [5.41, 5.74) is 2.23. The minimum Gasteiger partial charge on any atom is -0.465 e. The van der Waals surface area contributed by atoms with Crippen LogP contribution in [0.25, 0.3) is 16.8 Å². The molecule has 0 bridgehead atoms. The van der Waals surface area contributed by atoms with Crippen LogP contribution < -0.4 is 0 Å². The predicted octanol–water partition coefficient (Wildman–Crippen LogP) is 3.23. The standard InChI is InChI=1S/C17H13N3O4/c1-24-17(21)13-4-2-12(3-5-13)15-10-14(19-9-8-18-11-19)6-7-16(15)20(22)23/h2-11H,1H3. The number of hydrogen-bond acceptors (Lipinski definition) is 5. The molecule has 7 nitrogen and oxygen atoms in total. The monoisotopic (exact) mass is 323 g/mol. The Hall–Kier alpha value is -3.48. The number of carbonyl (C=O) groups is 1. The number of methoxy groups -OCH3 is 1. The van der Waals surface area contributed by atoms with E-state index in [4.69, 9.17) is 0 Å². The SMILES string of the molecule is COC(=O)c1ccc(-c2cc(-n3ccnc3)ccc2[N+](=O)[O-])cc1. The molecular weight excluding hydrogens is 310 g/mol. The lowest BCUT2D eigenvalue weighted by molar-refractivity contribution is -0.384. The molecule has 0 unspecified atom stereocenters. The lowest BCUT2D eigenvalue weighted by Crippen LogP contribution is -2.01. The van der Waals surface area contributed by atoms with Gasteiger partial charge in [0.2, 0.25) is 0 Å². The molecule has 0 saturated heterocycles. The van der Waals surface area contributed by atoms with Gasteiger partial charge in [0.05, 0.1) is 29.5 Å². The number of rotatable bonds is 4. The Labute approximate surface area is 137 Å². The number of esters is 1. The number of ether oxygens (including phenoxy) is 1. The highest BCUT2D eigenvalue weighted by Gasteiger charge is 2.17. The Kier molecular flexibility index (Phi) is 4.07. The molecule has 0 N–H and O–H groups in total. The fraction of sp³-hybridized carbons (Fsp3) is 0.0588. The Morgan fingerprint density at radius 2 is 1.96 bits per heavy atom. The van der Waals surface area contributed by atoms with E-state index < -0.39 is 10.9 Å². The van der Waals surface area contributed by atoms with Gasteiger partial charge in [-0.3, -0.25) is 10.1 Å². The maximum atomic E-state index is 11.5.